The zero-order chi connectivity index (χ0) is 33.1. The minimum Gasteiger partial charge on any atom is -0.415 e. The normalized spacial score (nSPS) is 14.3. The Labute approximate surface area is 293 Å². The van der Waals surface area contributed by atoms with Crippen molar-refractivity contribution in [2.75, 3.05) is 0 Å². The van der Waals surface area contributed by atoms with Crippen molar-refractivity contribution in [3.63, 3.8) is 0 Å². The van der Waals surface area contributed by atoms with E-state index in [2.05, 4.69) is 216 Å². The van der Waals surface area contributed by atoms with Gasteiger partial charge in [0.2, 0.25) is 0 Å². The molecule has 234 valence electrons. The summed E-state index contributed by atoms with van der Waals surface area (Å²) in [5.41, 5.74) is 15.8. The molecule has 0 radical (unpaired) electrons. The molecule has 4 heterocycles. The van der Waals surface area contributed by atoms with Crippen LogP contribution in [-0.2, 0) is 0 Å². The summed E-state index contributed by atoms with van der Waals surface area (Å²) in [6.07, 6.45) is 5.83. The van der Waals surface area contributed by atoms with E-state index in [1.165, 1.54) is 66.2 Å². The number of nitrogens with zero attached hydrogens (tertiary/aromatic N) is 2. The monoisotopic (exact) mass is 636 g/mol. The van der Waals surface area contributed by atoms with Crippen LogP contribution in [0.4, 0.5) is 0 Å². The molecule has 0 fully saturated rings. The molecular weight excluding hydrogens is 602 g/mol. The Bertz CT molecular complexity index is 2290. The molecule has 2 aliphatic heterocycles. The maximum atomic E-state index is 2.49. The Morgan fingerprint density at radius 3 is 0.640 bits per heavy atom. The van der Waals surface area contributed by atoms with Crippen molar-refractivity contribution >= 4 is 45.3 Å². The Morgan fingerprint density at radius 2 is 0.420 bits per heavy atom. The van der Waals surface area contributed by atoms with Gasteiger partial charge in [0.25, 0.3) is 0 Å². The van der Waals surface area contributed by atoms with Gasteiger partial charge in [0.15, 0.2) is 0 Å². The lowest BCUT2D eigenvalue weighted by molar-refractivity contribution is -0.539. The molecule has 2 nitrogen and oxygen atoms in total. The maximum absolute atomic E-state index is 2.49. The Hall–Kier alpha value is -6.25. The molecule has 0 unspecified atom stereocenters. The highest BCUT2D eigenvalue weighted by molar-refractivity contribution is 7.10. The molecule has 6 aromatic carbocycles. The zero-order valence-electron chi connectivity index (χ0n) is 27.7. The van der Waals surface area contributed by atoms with Gasteiger partial charge in [-0.1, -0.05) is 158 Å². The number of aromatic nitrogens is 2. The molecule has 0 bridgehead atoms. The number of rotatable bonds is 5. The topological polar surface area (TPSA) is 7.76 Å². The molecule has 0 spiro atoms. The quantitative estimate of drug-likeness (QED) is 0.237. The third-order valence-electron chi connectivity index (χ3n) is 11.7. The van der Waals surface area contributed by atoms with Crippen molar-refractivity contribution in [2.24, 2.45) is 0 Å². The number of fused-ring (bicyclic) bond motifs is 6. The second-order valence-electron chi connectivity index (χ2n) is 13.8. The summed E-state index contributed by atoms with van der Waals surface area (Å²) in [6.45, 7) is 0. The summed E-state index contributed by atoms with van der Waals surface area (Å²) in [5.74, 6) is 0. The summed E-state index contributed by atoms with van der Waals surface area (Å²) >= 11 is 0. The van der Waals surface area contributed by atoms with Gasteiger partial charge < -0.3 is 8.96 Å². The van der Waals surface area contributed by atoms with Gasteiger partial charge in [0.1, 0.15) is 24.8 Å². The molecule has 2 aliphatic rings. The van der Waals surface area contributed by atoms with Gasteiger partial charge >= 0.3 is 12.6 Å². The first kappa shape index (κ1) is 28.7. The Morgan fingerprint density at radius 1 is 0.220 bits per heavy atom. The van der Waals surface area contributed by atoms with E-state index in [1.54, 1.807) is 0 Å². The van der Waals surface area contributed by atoms with Gasteiger partial charge in [-0.3, -0.25) is 0 Å². The van der Waals surface area contributed by atoms with E-state index >= 15 is 0 Å². The summed E-state index contributed by atoms with van der Waals surface area (Å²) in [4.78, 5) is 0. The van der Waals surface area contributed by atoms with Crippen LogP contribution in [0.3, 0.4) is 0 Å². The first-order valence-corrected chi connectivity index (χ1v) is 17.7. The average molecular weight is 636 g/mol. The van der Waals surface area contributed by atoms with E-state index in [0.717, 1.165) is 0 Å². The standard InChI is InChI=1S/C46H34B2N2/c1-15-31-49(32-16-1)47(41-25-9-3-19-35(41)36-20-4-10-26-42(36)47)45-29-13-7-23-39(45)40-24-8-14-30-46(40)48(50-33-17-2-18-34-50)43-27-11-5-21-37(43)38-22-6-12-28-44(38)48/h1-34H. The Balaban J connectivity index is 1.34. The van der Waals surface area contributed by atoms with Crippen LogP contribution < -0.4 is 41.7 Å². The molecule has 4 heteroatoms. The molecule has 0 atom stereocenters. The van der Waals surface area contributed by atoms with Gasteiger partial charge in [-0.2, -0.15) is 0 Å². The highest BCUT2D eigenvalue weighted by Gasteiger charge is 2.52. The molecule has 0 aliphatic carbocycles. The lowest BCUT2D eigenvalue weighted by Crippen LogP contribution is -2.84. The van der Waals surface area contributed by atoms with Crippen LogP contribution in [0.1, 0.15) is 0 Å². The summed E-state index contributed by atoms with van der Waals surface area (Å²) in [6, 6.07) is 67.4. The lowest BCUT2D eigenvalue weighted by Gasteiger charge is -2.38. The third kappa shape index (κ3) is 3.76. The van der Waals surface area contributed by atoms with Gasteiger partial charge in [-0.25, -0.2) is 0 Å². The predicted octanol–water partition coefficient (Wildman–Crippen LogP) is 4.92. The van der Waals surface area contributed by atoms with E-state index in [0.29, 0.717) is 0 Å². The van der Waals surface area contributed by atoms with Crippen molar-refractivity contribution in [1.82, 2.24) is 0 Å². The van der Waals surface area contributed by atoms with Crippen molar-refractivity contribution < 1.29 is 8.96 Å². The summed E-state index contributed by atoms with van der Waals surface area (Å²) in [5, 5.41) is 0. The van der Waals surface area contributed by atoms with Crippen LogP contribution in [0.15, 0.2) is 207 Å². The molecule has 8 aromatic rings. The van der Waals surface area contributed by atoms with E-state index in [-0.39, 0.29) is 0 Å². The zero-order valence-corrected chi connectivity index (χ0v) is 27.7. The number of hydrogen-bond acceptors (Lipinski definition) is 0. The van der Waals surface area contributed by atoms with Crippen LogP contribution in [0.25, 0.3) is 33.4 Å². The Kier molecular flexibility index (Phi) is 6.41. The minimum atomic E-state index is -1.61. The molecule has 50 heavy (non-hydrogen) atoms. The smallest absolute Gasteiger partial charge is 0.361 e. The molecule has 2 aromatic heterocycles. The fourth-order valence-corrected chi connectivity index (χ4v) is 9.95. The third-order valence-corrected chi connectivity index (χ3v) is 11.7. The summed E-state index contributed by atoms with van der Waals surface area (Å²) in [7, 11) is 0. The second kappa shape index (κ2) is 11.1. The van der Waals surface area contributed by atoms with Gasteiger partial charge in [-0.05, 0) is 57.6 Å². The lowest BCUT2D eigenvalue weighted by atomic mass is 9.23. The van der Waals surface area contributed by atoms with Crippen LogP contribution in [0.2, 0.25) is 0 Å². The van der Waals surface area contributed by atoms with Crippen molar-refractivity contribution in [1.29, 1.82) is 0 Å². The first-order valence-electron chi connectivity index (χ1n) is 17.7. The average Bonchev–Trinajstić information content (AvgIpc) is 3.67. The fourth-order valence-electron chi connectivity index (χ4n) is 9.95. The molecule has 0 N–H and O–H groups in total. The highest BCUT2D eigenvalue weighted by atomic mass is 14.9. The molecule has 0 amide bonds. The fraction of sp³-hybridized carbons (Fsp3) is 0. The largest absolute Gasteiger partial charge is 0.415 e. The van der Waals surface area contributed by atoms with Crippen molar-refractivity contribution in [3.05, 3.63) is 207 Å². The number of pyridine rings is 2. The van der Waals surface area contributed by atoms with E-state index in [9.17, 15) is 0 Å². The van der Waals surface area contributed by atoms with E-state index in [1.807, 2.05) is 0 Å². The van der Waals surface area contributed by atoms with Gasteiger partial charge in [0.05, 0.1) is 0 Å². The van der Waals surface area contributed by atoms with Crippen LogP contribution >= 0.6 is 0 Å². The predicted molar refractivity (Wildman–Crippen MR) is 209 cm³/mol. The maximum Gasteiger partial charge on any atom is 0.361 e. The van der Waals surface area contributed by atoms with E-state index < -0.39 is 12.6 Å². The molecular formula is C46H34B2N2. The minimum absolute atomic E-state index is 1.26. The van der Waals surface area contributed by atoms with Gasteiger partial charge in [-0.15, -0.1) is 32.8 Å². The second-order valence-corrected chi connectivity index (χ2v) is 13.8. The van der Waals surface area contributed by atoms with Crippen LogP contribution in [0.5, 0.6) is 0 Å². The van der Waals surface area contributed by atoms with Crippen LogP contribution in [-0.4, -0.2) is 12.6 Å². The summed E-state index contributed by atoms with van der Waals surface area (Å²) < 4.78 is 4.97. The van der Waals surface area contributed by atoms with Crippen LogP contribution in [0, 0.1) is 0 Å². The van der Waals surface area contributed by atoms with Gasteiger partial charge in [0, 0.05) is 0 Å². The number of benzene rings is 6. The van der Waals surface area contributed by atoms with Crippen molar-refractivity contribution in [2.45, 2.75) is 0 Å². The van der Waals surface area contributed by atoms with Crippen molar-refractivity contribution in [3.8, 4) is 33.4 Å². The molecule has 0 saturated heterocycles. The highest BCUT2D eigenvalue weighted by Crippen LogP contribution is 2.32. The van der Waals surface area contributed by atoms with E-state index in [4.69, 9.17) is 0 Å². The molecule has 10 rings (SSSR count). The first-order chi connectivity index (χ1) is 24.8. The number of hydrogen-bond donors (Lipinski definition) is 0. The molecule has 0 saturated carbocycles. The SMILES string of the molecule is c1cc[n+]([B-]2(c3ccccc3-c3ccccc3[B-]3([n+]4ccccc4)c4ccccc4-c4ccccc43)c3ccccc3-c3ccccc32)cc1.